The van der Waals surface area contributed by atoms with Crippen LogP contribution in [0.4, 0.5) is 5.69 Å². The van der Waals surface area contributed by atoms with Crippen LogP contribution >= 0.6 is 0 Å². The number of aromatic nitrogens is 3. The predicted molar refractivity (Wildman–Crippen MR) is 83.4 cm³/mol. The highest BCUT2D eigenvalue weighted by Crippen LogP contribution is 2.16. The number of benzene rings is 1. The Morgan fingerprint density at radius 1 is 1.19 bits per heavy atom. The maximum absolute atomic E-state index is 5.73. The molecule has 0 saturated carbocycles. The van der Waals surface area contributed by atoms with Gasteiger partial charge in [-0.3, -0.25) is 0 Å². The SMILES string of the molecule is Cc1cnc2c(c1)nc(C)n2CCOc1ccc(N)cc1. The van der Waals surface area contributed by atoms with Crippen LogP contribution in [0.2, 0.25) is 0 Å². The number of imidazole rings is 1. The molecule has 0 amide bonds. The minimum atomic E-state index is 0.561. The van der Waals surface area contributed by atoms with Crippen molar-refractivity contribution in [2.45, 2.75) is 20.4 Å². The summed E-state index contributed by atoms with van der Waals surface area (Å²) in [7, 11) is 0. The summed E-state index contributed by atoms with van der Waals surface area (Å²) in [5.41, 5.74) is 9.33. The number of aryl methyl sites for hydroxylation is 2. The molecule has 2 heterocycles. The van der Waals surface area contributed by atoms with Crippen molar-refractivity contribution in [2.24, 2.45) is 0 Å². The first-order valence-corrected chi connectivity index (χ1v) is 6.91. The number of hydrogen-bond donors (Lipinski definition) is 1. The van der Waals surface area contributed by atoms with Gasteiger partial charge in [0.05, 0.1) is 6.54 Å². The summed E-state index contributed by atoms with van der Waals surface area (Å²) in [4.78, 5) is 9.01. The minimum absolute atomic E-state index is 0.561. The van der Waals surface area contributed by atoms with Crippen LogP contribution in [-0.2, 0) is 6.54 Å². The summed E-state index contributed by atoms with van der Waals surface area (Å²) in [5, 5.41) is 0. The van der Waals surface area contributed by atoms with Crippen LogP contribution in [0.5, 0.6) is 5.75 Å². The molecular weight excluding hydrogens is 264 g/mol. The fourth-order valence-corrected chi connectivity index (χ4v) is 2.31. The first kappa shape index (κ1) is 13.4. The van der Waals surface area contributed by atoms with E-state index in [1.54, 1.807) is 0 Å². The van der Waals surface area contributed by atoms with Gasteiger partial charge in [-0.2, -0.15) is 0 Å². The van der Waals surface area contributed by atoms with Gasteiger partial charge < -0.3 is 15.0 Å². The van der Waals surface area contributed by atoms with E-state index in [0.717, 1.165) is 34.0 Å². The topological polar surface area (TPSA) is 66.0 Å². The van der Waals surface area contributed by atoms with Gasteiger partial charge in [-0.1, -0.05) is 0 Å². The summed E-state index contributed by atoms with van der Waals surface area (Å²) in [6.07, 6.45) is 1.86. The lowest BCUT2D eigenvalue weighted by Crippen LogP contribution is -2.10. The Morgan fingerprint density at radius 3 is 2.71 bits per heavy atom. The Labute approximate surface area is 123 Å². The number of pyridine rings is 1. The maximum Gasteiger partial charge on any atom is 0.160 e. The van der Waals surface area contributed by atoms with E-state index >= 15 is 0 Å². The molecule has 2 aromatic heterocycles. The van der Waals surface area contributed by atoms with Crippen LogP contribution in [0, 0.1) is 13.8 Å². The third-order valence-electron chi connectivity index (χ3n) is 3.38. The molecule has 5 heteroatoms. The smallest absolute Gasteiger partial charge is 0.160 e. The highest BCUT2D eigenvalue weighted by atomic mass is 16.5. The van der Waals surface area contributed by atoms with Gasteiger partial charge >= 0.3 is 0 Å². The van der Waals surface area contributed by atoms with Gasteiger partial charge in [0, 0.05) is 11.9 Å². The molecule has 0 aliphatic carbocycles. The Balaban J connectivity index is 1.73. The monoisotopic (exact) mass is 282 g/mol. The molecule has 0 unspecified atom stereocenters. The van der Waals surface area contributed by atoms with Gasteiger partial charge in [0.25, 0.3) is 0 Å². The molecule has 0 saturated heterocycles. The molecule has 5 nitrogen and oxygen atoms in total. The second-order valence-electron chi connectivity index (χ2n) is 5.08. The Kier molecular flexibility index (Phi) is 3.48. The second kappa shape index (κ2) is 5.44. The highest BCUT2D eigenvalue weighted by Gasteiger charge is 2.08. The van der Waals surface area contributed by atoms with E-state index in [1.807, 2.05) is 50.4 Å². The Hall–Kier alpha value is -2.56. The van der Waals surface area contributed by atoms with Gasteiger partial charge in [0.1, 0.15) is 23.7 Å². The van der Waals surface area contributed by atoms with Gasteiger partial charge in [0.15, 0.2) is 5.65 Å². The standard InChI is InChI=1S/C16H18N4O/c1-11-9-15-16(18-10-11)20(12(2)19-15)7-8-21-14-5-3-13(17)4-6-14/h3-6,9-10H,7-8,17H2,1-2H3. The molecule has 0 spiro atoms. The summed E-state index contributed by atoms with van der Waals surface area (Å²) >= 11 is 0. The van der Waals surface area contributed by atoms with E-state index in [2.05, 4.69) is 14.5 Å². The average Bonchev–Trinajstić information content (AvgIpc) is 2.76. The van der Waals surface area contributed by atoms with E-state index in [4.69, 9.17) is 10.5 Å². The van der Waals surface area contributed by atoms with Gasteiger partial charge in [-0.05, 0) is 49.7 Å². The minimum Gasteiger partial charge on any atom is -0.492 e. The molecule has 1 aromatic carbocycles. The van der Waals surface area contributed by atoms with Gasteiger partial charge in [-0.15, -0.1) is 0 Å². The number of fused-ring (bicyclic) bond motifs is 1. The van der Waals surface area contributed by atoms with E-state index in [-0.39, 0.29) is 0 Å². The second-order valence-corrected chi connectivity index (χ2v) is 5.08. The van der Waals surface area contributed by atoms with Crippen molar-refractivity contribution >= 4 is 16.9 Å². The zero-order chi connectivity index (χ0) is 14.8. The molecule has 108 valence electrons. The molecule has 0 aliphatic rings. The molecule has 0 fully saturated rings. The normalized spacial score (nSPS) is 11.0. The van der Waals surface area contributed by atoms with Crippen molar-refractivity contribution in [3.05, 3.63) is 47.9 Å². The first-order chi connectivity index (χ1) is 10.1. The van der Waals surface area contributed by atoms with Crippen LogP contribution in [0.1, 0.15) is 11.4 Å². The number of nitrogen functional groups attached to an aromatic ring is 1. The summed E-state index contributed by atoms with van der Waals surface area (Å²) in [6.45, 7) is 5.28. The van der Waals surface area contributed by atoms with Crippen LogP contribution in [0.15, 0.2) is 36.5 Å². The summed E-state index contributed by atoms with van der Waals surface area (Å²) < 4.78 is 7.81. The molecule has 3 rings (SSSR count). The number of nitrogens with two attached hydrogens (primary N) is 1. The molecule has 0 atom stereocenters. The van der Waals surface area contributed by atoms with Gasteiger partial charge in [0.2, 0.25) is 0 Å². The van der Waals surface area contributed by atoms with Crippen LogP contribution < -0.4 is 10.5 Å². The van der Waals surface area contributed by atoms with Crippen LogP contribution in [0.3, 0.4) is 0 Å². The Morgan fingerprint density at radius 2 is 1.95 bits per heavy atom. The lowest BCUT2D eigenvalue weighted by Gasteiger charge is -2.09. The molecule has 0 aliphatic heterocycles. The number of ether oxygens (including phenoxy) is 1. The highest BCUT2D eigenvalue weighted by molar-refractivity contribution is 5.72. The fraction of sp³-hybridized carbons (Fsp3) is 0.250. The van der Waals surface area contributed by atoms with Crippen molar-refractivity contribution in [1.82, 2.24) is 14.5 Å². The Bertz CT molecular complexity index is 762. The van der Waals surface area contributed by atoms with E-state index in [1.165, 1.54) is 0 Å². The lowest BCUT2D eigenvalue weighted by molar-refractivity contribution is 0.298. The van der Waals surface area contributed by atoms with Crippen molar-refractivity contribution in [2.75, 3.05) is 12.3 Å². The fourth-order valence-electron chi connectivity index (χ4n) is 2.31. The van der Waals surface area contributed by atoms with Crippen LogP contribution in [0.25, 0.3) is 11.2 Å². The number of nitrogens with zero attached hydrogens (tertiary/aromatic N) is 3. The van der Waals surface area contributed by atoms with Crippen LogP contribution in [-0.4, -0.2) is 21.1 Å². The zero-order valence-corrected chi connectivity index (χ0v) is 12.2. The van der Waals surface area contributed by atoms with Gasteiger partial charge in [-0.25, -0.2) is 9.97 Å². The van der Waals surface area contributed by atoms with Crippen molar-refractivity contribution in [3.8, 4) is 5.75 Å². The molecular formula is C16H18N4O. The van der Waals surface area contributed by atoms with E-state index < -0.39 is 0 Å². The van der Waals surface area contributed by atoms with Crippen molar-refractivity contribution in [3.63, 3.8) is 0 Å². The largest absolute Gasteiger partial charge is 0.492 e. The van der Waals surface area contributed by atoms with Crippen molar-refractivity contribution < 1.29 is 4.74 Å². The number of hydrogen-bond acceptors (Lipinski definition) is 4. The quantitative estimate of drug-likeness (QED) is 0.747. The molecule has 2 N–H and O–H groups in total. The molecule has 0 radical (unpaired) electrons. The maximum atomic E-state index is 5.73. The summed E-state index contributed by atoms with van der Waals surface area (Å²) in [5.74, 6) is 1.76. The molecule has 21 heavy (non-hydrogen) atoms. The van der Waals surface area contributed by atoms with E-state index in [0.29, 0.717) is 13.2 Å². The number of anilines is 1. The molecule has 3 aromatic rings. The lowest BCUT2D eigenvalue weighted by atomic mass is 10.3. The average molecular weight is 282 g/mol. The van der Waals surface area contributed by atoms with E-state index in [9.17, 15) is 0 Å². The zero-order valence-electron chi connectivity index (χ0n) is 12.2. The number of rotatable bonds is 4. The molecule has 0 bridgehead atoms. The third-order valence-corrected chi connectivity index (χ3v) is 3.38. The summed E-state index contributed by atoms with van der Waals surface area (Å²) in [6, 6.07) is 9.45. The van der Waals surface area contributed by atoms with Crippen molar-refractivity contribution in [1.29, 1.82) is 0 Å². The predicted octanol–water partition coefficient (Wildman–Crippen LogP) is 2.71. The third kappa shape index (κ3) is 2.81. The first-order valence-electron chi connectivity index (χ1n) is 6.91.